The zero-order valence-corrected chi connectivity index (χ0v) is 24.2. The van der Waals surface area contributed by atoms with E-state index in [0.29, 0.717) is 50.1 Å². The maximum absolute atomic E-state index is 12.9. The molecule has 1 aromatic heterocycles. The van der Waals surface area contributed by atoms with Crippen LogP contribution in [0.5, 0.6) is 0 Å². The lowest BCUT2D eigenvalue weighted by atomic mass is 10.1. The normalized spacial score (nSPS) is 15.8. The Morgan fingerprint density at radius 2 is 1.78 bits per heavy atom. The number of carbonyl (C=O) groups excluding carboxylic acids is 3. The van der Waals surface area contributed by atoms with E-state index >= 15 is 0 Å². The molecule has 0 radical (unpaired) electrons. The Bertz CT molecular complexity index is 1500. The van der Waals surface area contributed by atoms with E-state index < -0.39 is 5.91 Å². The standard InChI is InChI=1S/C30H35N5O5S/c1-32(41-2)22-10-11-26-23(17-22)25(36)18-27(40-26)30(39)31-19-29(38)34-15-13-33(14-16-34)24-8-4-3-7-21(24)20-35-12-6-5-9-28(35)37/h3-4,7-8,10-11,17-18H,5-6,9,12-16,19-20H2,1-2H3,(H,31,39). The van der Waals surface area contributed by atoms with Crippen LogP contribution < -0.4 is 20.0 Å². The summed E-state index contributed by atoms with van der Waals surface area (Å²) in [7, 11) is 1.89. The first kappa shape index (κ1) is 28.5. The van der Waals surface area contributed by atoms with Crippen LogP contribution in [0.3, 0.4) is 0 Å². The van der Waals surface area contributed by atoms with Gasteiger partial charge in [0.2, 0.25) is 11.8 Å². The topological polar surface area (TPSA) is 106 Å². The minimum atomic E-state index is -0.609. The number of fused-ring (bicyclic) bond motifs is 1. The third-order valence-corrected chi connectivity index (χ3v) is 8.48. The SMILES string of the molecule is CSN(C)c1ccc2oc(C(=O)NCC(=O)N3CCN(c4ccccc4CN4CCCCC4=O)CC3)cc(=O)c2c1. The van der Waals surface area contributed by atoms with Gasteiger partial charge in [0.25, 0.3) is 5.91 Å². The van der Waals surface area contributed by atoms with E-state index in [4.69, 9.17) is 4.42 Å². The summed E-state index contributed by atoms with van der Waals surface area (Å²) in [5.41, 5.74) is 3.04. The van der Waals surface area contributed by atoms with Crippen LogP contribution in [-0.4, -0.2) is 80.1 Å². The number of likely N-dealkylation sites (tertiary alicyclic amines) is 1. The molecule has 10 nitrogen and oxygen atoms in total. The number of para-hydroxylation sites is 1. The van der Waals surface area contributed by atoms with Crippen LogP contribution in [0.4, 0.5) is 11.4 Å². The Labute approximate surface area is 243 Å². The van der Waals surface area contributed by atoms with E-state index in [9.17, 15) is 19.2 Å². The summed E-state index contributed by atoms with van der Waals surface area (Å²) < 4.78 is 7.61. The van der Waals surface area contributed by atoms with E-state index in [1.54, 1.807) is 17.0 Å². The van der Waals surface area contributed by atoms with Crippen molar-refractivity contribution in [3.63, 3.8) is 0 Å². The van der Waals surface area contributed by atoms with E-state index in [2.05, 4.69) is 22.3 Å². The molecule has 0 unspecified atom stereocenters. The molecule has 2 fully saturated rings. The van der Waals surface area contributed by atoms with Gasteiger partial charge in [-0.05, 0) is 42.7 Å². The lowest BCUT2D eigenvalue weighted by molar-refractivity contribution is -0.134. The van der Waals surface area contributed by atoms with Crippen LogP contribution in [-0.2, 0) is 16.1 Å². The first-order chi connectivity index (χ1) is 19.8. The van der Waals surface area contributed by atoms with Crippen molar-refractivity contribution in [1.29, 1.82) is 0 Å². The average Bonchev–Trinajstić information content (AvgIpc) is 3.00. The molecule has 3 amide bonds. The van der Waals surface area contributed by atoms with Crippen LogP contribution >= 0.6 is 11.9 Å². The Balaban J connectivity index is 1.16. The second-order valence-electron chi connectivity index (χ2n) is 10.3. The van der Waals surface area contributed by atoms with Gasteiger partial charge < -0.3 is 28.7 Å². The largest absolute Gasteiger partial charge is 0.451 e. The number of benzene rings is 2. The fraction of sp³-hybridized carbons (Fsp3) is 0.400. The summed E-state index contributed by atoms with van der Waals surface area (Å²) in [6.45, 7) is 3.54. The van der Waals surface area contributed by atoms with Gasteiger partial charge in [-0.25, -0.2) is 0 Å². The smallest absolute Gasteiger partial charge is 0.287 e. The Kier molecular flexibility index (Phi) is 8.82. The highest BCUT2D eigenvalue weighted by Crippen LogP contribution is 2.26. The molecule has 2 aliphatic rings. The summed E-state index contributed by atoms with van der Waals surface area (Å²) in [6, 6.07) is 14.5. The highest BCUT2D eigenvalue weighted by atomic mass is 32.2. The second-order valence-corrected chi connectivity index (χ2v) is 11.2. The molecule has 2 aromatic carbocycles. The van der Waals surface area contributed by atoms with Crippen molar-refractivity contribution in [1.82, 2.24) is 15.1 Å². The number of hydrogen-bond donors (Lipinski definition) is 1. The molecule has 216 valence electrons. The third kappa shape index (κ3) is 6.51. The van der Waals surface area contributed by atoms with E-state index in [1.165, 1.54) is 18.0 Å². The van der Waals surface area contributed by atoms with Gasteiger partial charge in [-0.2, -0.15) is 0 Å². The zero-order valence-electron chi connectivity index (χ0n) is 23.4. The van der Waals surface area contributed by atoms with Crippen molar-refractivity contribution in [2.24, 2.45) is 0 Å². The number of nitrogens with zero attached hydrogens (tertiary/aromatic N) is 4. The summed E-state index contributed by atoms with van der Waals surface area (Å²) >= 11 is 1.51. The highest BCUT2D eigenvalue weighted by molar-refractivity contribution is 7.99. The van der Waals surface area contributed by atoms with Gasteiger partial charge in [-0.15, -0.1) is 0 Å². The molecule has 3 aromatic rings. The Morgan fingerprint density at radius 3 is 2.54 bits per heavy atom. The number of anilines is 2. The fourth-order valence-electron chi connectivity index (χ4n) is 5.30. The molecule has 0 spiro atoms. The van der Waals surface area contributed by atoms with Gasteiger partial charge in [-0.3, -0.25) is 19.2 Å². The summed E-state index contributed by atoms with van der Waals surface area (Å²) in [5.74, 6) is -0.727. The molecular weight excluding hydrogens is 542 g/mol. The van der Waals surface area contributed by atoms with Crippen LogP contribution in [0.25, 0.3) is 11.0 Å². The molecule has 5 rings (SSSR count). The first-order valence-corrected chi connectivity index (χ1v) is 15.0. The van der Waals surface area contributed by atoms with Gasteiger partial charge in [0, 0.05) is 76.4 Å². The van der Waals surface area contributed by atoms with Gasteiger partial charge in [-0.1, -0.05) is 30.1 Å². The average molecular weight is 578 g/mol. The van der Waals surface area contributed by atoms with Crippen LogP contribution in [0, 0.1) is 0 Å². The maximum Gasteiger partial charge on any atom is 0.287 e. The van der Waals surface area contributed by atoms with Crippen LogP contribution in [0.15, 0.2) is 57.7 Å². The molecule has 3 heterocycles. The number of carbonyl (C=O) groups is 3. The lowest BCUT2D eigenvalue weighted by Gasteiger charge is -2.37. The van der Waals surface area contributed by atoms with E-state index in [0.717, 1.165) is 36.3 Å². The van der Waals surface area contributed by atoms with Gasteiger partial charge >= 0.3 is 0 Å². The van der Waals surface area contributed by atoms with E-state index in [-0.39, 0.29) is 29.5 Å². The number of piperidine rings is 1. The molecule has 1 N–H and O–H groups in total. The summed E-state index contributed by atoms with van der Waals surface area (Å²) in [4.78, 5) is 56.6. The molecular formula is C30H35N5O5S. The Morgan fingerprint density at radius 1 is 1.00 bits per heavy atom. The van der Waals surface area contributed by atoms with Crippen molar-refractivity contribution >= 4 is 52.0 Å². The molecule has 0 bridgehead atoms. The predicted octanol–water partition coefficient (Wildman–Crippen LogP) is 3.10. The quantitative estimate of drug-likeness (QED) is 0.407. The molecule has 2 saturated heterocycles. The molecule has 0 atom stereocenters. The van der Waals surface area contributed by atoms with Crippen LogP contribution in [0.2, 0.25) is 0 Å². The van der Waals surface area contributed by atoms with Gasteiger partial charge in [0.15, 0.2) is 11.2 Å². The van der Waals surface area contributed by atoms with Gasteiger partial charge in [0.1, 0.15) is 5.58 Å². The molecule has 0 aliphatic carbocycles. The number of amides is 3. The maximum atomic E-state index is 12.9. The van der Waals surface area contributed by atoms with E-state index in [1.807, 2.05) is 40.7 Å². The van der Waals surface area contributed by atoms with Crippen molar-refractivity contribution in [3.8, 4) is 0 Å². The number of hydrogen-bond acceptors (Lipinski definition) is 8. The number of nitrogens with one attached hydrogen (secondary N) is 1. The lowest BCUT2D eigenvalue weighted by Crippen LogP contribution is -2.51. The summed E-state index contributed by atoms with van der Waals surface area (Å²) in [5, 5.41) is 2.99. The third-order valence-electron chi connectivity index (χ3n) is 7.72. The minimum absolute atomic E-state index is 0.130. The molecule has 2 aliphatic heterocycles. The van der Waals surface area contributed by atoms with Crippen molar-refractivity contribution in [2.45, 2.75) is 25.8 Å². The monoisotopic (exact) mass is 577 g/mol. The highest BCUT2D eigenvalue weighted by Gasteiger charge is 2.25. The fourth-order valence-corrected chi connectivity index (χ4v) is 5.62. The number of rotatable bonds is 8. The van der Waals surface area contributed by atoms with Gasteiger partial charge in [0.05, 0.1) is 11.9 Å². The number of piperazine rings is 1. The minimum Gasteiger partial charge on any atom is -0.451 e. The zero-order chi connectivity index (χ0) is 28.9. The first-order valence-electron chi connectivity index (χ1n) is 13.9. The summed E-state index contributed by atoms with van der Waals surface area (Å²) in [6.07, 6.45) is 4.54. The molecule has 0 saturated carbocycles. The van der Waals surface area contributed by atoms with Crippen LogP contribution in [0.1, 0.15) is 35.4 Å². The van der Waals surface area contributed by atoms with Crippen molar-refractivity contribution in [3.05, 3.63) is 70.1 Å². The second kappa shape index (κ2) is 12.7. The Hall–Kier alpha value is -3.99. The van der Waals surface area contributed by atoms with Crippen molar-refractivity contribution in [2.75, 3.05) is 61.8 Å². The molecule has 41 heavy (non-hydrogen) atoms. The van der Waals surface area contributed by atoms with Crippen molar-refractivity contribution < 1.29 is 18.8 Å². The predicted molar refractivity (Wildman–Crippen MR) is 161 cm³/mol. The molecule has 11 heteroatoms.